The van der Waals surface area contributed by atoms with Gasteiger partial charge in [0.25, 0.3) is 5.91 Å². The minimum Gasteiger partial charge on any atom is -0.439 e. The van der Waals surface area contributed by atoms with Gasteiger partial charge < -0.3 is 21.2 Å². The van der Waals surface area contributed by atoms with Crippen molar-refractivity contribution in [2.24, 2.45) is 16.5 Å². The zero-order valence-corrected chi connectivity index (χ0v) is 13.6. The molecule has 0 radical (unpaired) electrons. The van der Waals surface area contributed by atoms with Crippen LogP contribution in [-0.4, -0.2) is 28.9 Å². The van der Waals surface area contributed by atoms with Gasteiger partial charge in [-0.05, 0) is 29.8 Å². The third kappa shape index (κ3) is 3.75. The number of aromatic nitrogens is 2. The van der Waals surface area contributed by atoms with Gasteiger partial charge in [-0.25, -0.2) is 4.98 Å². The van der Waals surface area contributed by atoms with Gasteiger partial charge in [0.1, 0.15) is 11.4 Å². The third-order valence-corrected chi connectivity index (χ3v) is 3.58. The van der Waals surface area contributed by atoms with Crippen molar-refractivity contribution in [1.82, 2.24) is 15.3 Å². The van der Waals surface area contributed by atoms with Crippen molar-refractivity contribution >= 4 is 22.8 Å². The normalized spacial score (nSPS) is 11.5. The number of carbonyl (C=O) groups excluding carboxylic acids is 1. The summed E-state index contributed by atoms with van der Waals surface area (Å²) in [5.41, 5.74) is 13.2. The number of rotatable bonds is 4. The summed E-state index contributed by atoms with van der Waals surface area (Å²) >= 11 is 0. The molecule has 25 heavy (non-hydrogen) atoms. The van der Waals surface area contributed by atoms with Gasteiger partial charge in [0.2, 0.25) is 5.88 Å². The maximum Gasteiger partial charge on any atom is 0.274 e. The average molecular weight is 338 g/mol. The number of hydrogen-bond acceptors (Lipinski definition) is 5. The number of H-pyrrole nitrogens is 1. The summed E-state index contributed by atoms with van der Waals surface area (Å²) in [5.74, 6) is 0.744. The first kappa shape index (κ1) is 16.5. The Kier molecular flexibility index (Phi) is 4.62. The summed E-state index contributed by atoms with van der Waals surface area (Å²) in [4.78, 5) is 23.0. The van der Waals surface area contributed by atoms with E-state index in [1.807, 2.05) is 12.1 Å². The Morgan fingerprint density at radius 2 is 2.16 bits per heavy atom. The number of pyridine rings is 1. The van der Waals surface area contributed by atoms with Crippen LogP contribution in [0.15, 0.2) is 47.6 Å². The van der Waals surface area contributed by atoms with Gasteiger partial charge in [-0.3, -0.25) is 15.1 Å². The standard InChI is InChI=1S/C17H18N6O2/c1-20-17(19)23-16(24)14-7-11-2-3-12(8-13(11)22-14)25-15-6-10(9-18)4-5-21-15/h2-8,22H,9,18H2,1H3,(H3,19,20,23,24). The van der Waals surface area contributed by atoms with E-state index in [0.29, 0.717) is 23.9 Å². The molecule has 8 heteroatoms. The molecule has 0 aliphatic heterocycles. The molecule has 1 amide bonds. The van der Waals surface area contributed by atoms with Crippen LogP contribution in [0.4, 0.5) is 0 Å². The minimum absolute atomic E-state index is 0.0542. The van der Waals surface area contributed by atoms with E-state index in [1.165, 1.54) is 7.05 Å². The Bertz CT molecular complexity index is 947. The van der Waals surface area contributed by atoms with Crippen LogP contribution in [0.25, 0.3) is 10.9 Å². The van der Waals surface area contributed by atoms with E-state index in [4.69, 9.17) is 16.2 Å². The molecular formula is C17H18N6O2. The first-order valence-electron chi connectivity index (χ1n) is 7.58. The number of nitrogens with one attached hydrogen (secondary N) is 2. The predicted octanol–water partition coefficient (Wildman–Crippen LogP) is 1.49. The largest absolute Gasteiger partial charge is 0.439 e. The van der Waals surface area contributed by atoms with Crippen LogP contribution in [0.5, 0.6) is 11.6 Å². The summed E-state index contributed by atoms with van der Waals surface area (Å²) < 4.78 is 5.75. The minimum atomic E-state index is -0.362. The van der Waals surface area contributed by atoms with Crippen molar-refractivity contribution in [1.29, 1.82) is 0 Å². The molecule has 0 atom stereocenters. The molecule has 128 valence electrons. The smallest absolute Gasteiger partial charge is 0.274 e. The molecule has 0 aliphatic carbocycles. The Morgan fingerprint density at radius 1 is 1.32 bits per heavy atom. The molecule has 1 aromatic carbocycles. The van der Waals surface area contributed by atoms with Gasteiger partial charge in [0.05, 0.1) is 0 Å². The van der Waals surface area contributed by atoms with Crippen LogP contribution in [0.3, 0.4) is 0 Å². The molecule has 3 rings (SSSR count). The summed E-state index contributed by atoms with van der Waals surface area (Å²) in [6.45, 7) is 0.414. The summed E-state index contributed by atoms with van der Waals surface area (Å²) in [6.07, 6.45) is 1.65. The molecule has 0 saturated carbocycles. The van der Waals surface area contributed by atoms with Gasteiger partial charge in [0, 0.05) is 42.8 Å². The number of nitrogens with zero attached hydrogens (tertiary/aromatic N) is 2. The molecule has 0 saturated heterocycles. The maximum atomic E-state index is 12.1. The van der Waals surface area contributed by atoms with Gasteiger partial charge in [0.15, 0.2) is 5.96 Å². The molecule has 0 spiro atoms. The lowest BCUT2D eigenvalue weighted by molar-refractivity contribution is 0.0972. The van der Waals surface area contributed by atoms with Crippen molar-refractivity contribution < 1.29 is 9.53 Å². The lowest BCUT2D eigenvalue weighted by Gasteiger charge is -2.05. The molecular weight excluding hydrogens is 320 g/mol. The summed E-state index contributed by atoms with van der Waals surface area (Å²) in [5, 5.41) is 3.35. The number of aliphatic imine (C=N–C) groups is 1. The average Bonchev–Trinajstić information content (AvgIpc) is 3.05. The maximum absolute atomic E-state index is 12.1. The van der Waals surface area contributed by atoms with E-state index in [0.717, 1.165) is 16.5 Å². The van der Waals surface area contributed by atoms with Crippen LogP contribution >= 0.6 is 0 Å². The molecule has 2 aromatic heterocycles. The van der Waals surface area contributed by atoms with Crippen LogP contribution in [0, 0.1) is 0 Å². The molecule has 0 aliphatic rings. The Balaban J connectivity index is 1.83. The molecule has 8 nitrogen and oxygen atoms in total. The number of nitrogens with two attached hydrogens (primary N) is 2. The monoisotopic (exact) mass is 338 g/mol. The van der Waals surface area contributed by atoms with Crippen LogP contribution in [0.2, 0.25) is 0 Å². The van der Waals surface area contributed by atoms with Crippen molar-refractivity contribution in [2.45, 2.75) is 6.54 Å². The van der Waals surface area contributed by atoms with Gasteiger partial charge >= 0.3 is 0 Å². The molecule has 3 aromatic rings. The SMILES string of the molecule is CN=C(N)NC(=O)c1cc2ccc(Oc3cc(CN)ccn3)cc2[nH]1. The Labute approximate surface area is 143 Å². The zero-order chi connectivity index (χ0) is 17.8. The lowest BCUT2D eigenvalue weighted by Crippen LogP contribution is -2.36. The second-order valence-electron chi connectivity index (χ2n) is 5.30. The van der Waals surface area contributed by atoms with E-state index < -0.39 is 0 Å². The van der Waals surface area contributed by atoms with Crippen LogP contribution in [0.1, 0.15) is 16.1 Å². The number of hydrogen-bond donors (Lipinski definition) is 4. The topological polar surface area (TPSA) is 131 Å². The van der Waals surface area contributed by atoms with Gasteiger partial charge in [-0.15, -0.1) is 0 Å². The van der Waals surface area contributed by atoms with Gasteiger partial charge in [-0.2, -0.15) is 0 Å². The van der Waals surface area contributed by atoms with Gasteiger partial charge in [-0.1, -0.05) is 0 Å². The second kappa shape index (κ2) is 7.02. The Morgan fingerprint density at radius 3 is 2.92 bits per heavy atom. The number of aromatic amines is 1. The molecule has 0 bridgehead atoms. The highest BCUT2D eigenvalue weighted by Crippen LogP contribution is 2.25. The predicted molar refractivity (Wildman–Crippen MR) is 95.5 cm³/mol. The highest BCUT2D eigenvalue weighted by atomic mass is 16.5. The number of ether oxygens (including phenoxy) is 1. The zero-order valence-electron chi connectivity index (χ0n) is 13.6. The highest BCUT2D eigenvalue weighted by Gasteiger charge is 2.11. The van der Waals surface area contributed by atoms with Crippen molar-refractivity contribution in [3.8, 4) is 11.6 Å². The number of benzene rings is 1. The quantitative estimate of drug-likeness (QED) is 0.423. The van der Waals surface area contributed by atoms with E-state index in [-0.39, 0.29) is 11.9 Å². The van der Waals surface area contributed by atoms with Crippen molar-refractivity contribution in [3.63, 3.8) is 0 Å². The Hall–Kier alpha value is -3.39. The fourth-order valence-corrected chi connectivity index (χ4v) is 2.29. The van der Waals surface area contributed by atoms with E-state index in [1.54, 1.807) is 30.5 Å². The molecule has 2 heterocycles. The molecule has 0 unspecified atom stereocenters. The van der Waals surface area contributed by atoms with E-state index >= 15 is 0 Å². The first-order chi connectivity index (χ1) is 12.1. The molecule has 0 fully saturated rings. The van der Waals surface area contributed by atoms with E-state index in [2.05, 4.69) is 20.3 Å². The van der Waals surface area contributed by atoms with E-state index in [9.17, 15) is 4.79 Å². The summed E-state index contributed by atoms with van der Waals surface area (Å²) in [7, 11) is 1.50. The number of amides is 1. The number of guanidine groups is 1. The van der Waals surface area contributed by atoms with Crippen molar-refractivity contribution in [3.05, 3.63) is 53.9 Å². The lowest BCUT2D eigenvalue weighted by atomic mass is 10.2. The van der Waals surface area contributed by atoms with Crippen molar-refractivity contribution in [2.75, 3.05) is 7.05 Å². The molecule has 6 N–H and O–H groups in total. The fourth-order valence-electron chi connectivity index (χ4n) is 2.29. The fraction of sp³-hybridized carbons (Fsp3) is 0.118. The second-order valence-corrected chi connectivity index (χ2v) is 5.30. The third-order valence-electron chi connectivity index (χ3n) is 3.58. The first-order valence-corrected chi connectivity index (χ1v) is 7.58. The number of fused-ring (bicyclic) bond motifs is 1. The van der Waals surface area contributed by atoms with Crippen LogP contribution < -0.4 is 21.5 Å². The van der Waals surface area contributed by atoms with Crippen LogP contribution in [-0.2, 0) is 6.54 Å². The summed E-state index contributed by atoms with van der Waals surface area (Å²) in [6, 6.07) is 10.8. The number of carbonyl (C=O) groups is 1. The highest BCUT2D eigenvalue weighted by molar-refractivity contribution is 6.06.